The van der Waals surface area contributed by atoms with Crippen molar-refractivity contribution in [3.63, 3.8) is 0 Å². The Morgan fingerprint density at radius 2 is 1.72 bits per heavy atom. The number of carbonyl (C=O) groups excluding carboxylic acids is 2. The van der Waals surface area contributed by atoms with Crippen LogP contribution in [0.5, 0.6) is 0 Å². The van der Waals surface area contributed by atoms with Gasteiger partial charge in [0.05, 0.1) is 26.1 Å². The minimum Gasteiger partial charge on any atom is -0.466 e. The van der Waals surface area contributed by atoms with Crippen LogP contribution in [0.1, 0.15) is 37.5 Å². The van der Waals surface area contributed by atoms with Crippen LogP contribution in [-0.4, -0.2) is 25.2 Å². The molecular weight excluding hydrogens is 252 g/mol. The first-order valence-corrected chi connectivity index (χ1v) is 6.90. The smallest absolute Gasteiger partial charge is 0.306 e. The van der Waals surface area contributed by atoms with E-state index in [-0.39, 0.29) is 30.7 Å². The van der Waals surface area contributed by atoms with E-state index in [1.165, 1.54) is 11.3 Å². The highest BCUT2D eigenvalue weighted by atomic mass is 32.1. The topological polar surface area (TPSA) is 52.6 Å². The van der Waals surface area contributed by atoms with Crippen molar-refractivity contribution in [3.05, 3.63) is 22.4 Å². The molecule has 0 N–H and O–H groups in total. The van der Waals surface area contributed by atoms with E-state index in [1.807, 2.05) is 17.5 Å². The van der Waals surface area contributed by atoms with E-state index in [1.54, 1.807) is 13.8 Å². The fraction of sp³-hybridized carbons (Fsp3) is 0.538. The van der Waals surface area contributed by atoms with Crippen molar-refractivity contribution in [1.29, 1.82) is 0 Å². The maximum absolute atomic E-state index is 11.5. The van der Waals surface area contributed by atoms with Crippen LogP contribution in [0.3, 0.4) is 0 Å². The number of rotatable bonds is 7. The number of esters is 2. The Kier molecular flexibility index (Phi) is 6.43. The summed E-state index contributed by atoms with van der Waals surface area (Å²) in [6.45, 7) is 4.25. The van der Waals surface area contributed by atoms with Crippen LogP contribution in [0.2, 0.25) is 0 Å². The third-order valence-electron chi connectivity index (χ3n) is 2.38. The second kappa shape index (κ2) is 7.87. The molecule has 0 spiro atoms. The van der Waals surface area contributed by atoms with Crippen molar-refractivity contribution < 1.29 is 19.1 Å². The van der Waals surface area contributed by atoms with Crippen LogP contribution < -0.4 is 0 Å². The Hall–Kier alpha value is -1.36. The fourth-order valence-electron chi connectivity index (χ4n) is 1.64. The number of hydrogen-bond donors (Lipinski definition) is 0. The van der Waals surface area contributed by atoms with Gasteiger partial charge >= 0.3 is 11.9 Å². The van der Waals surface area contributed by atoms with E-state index >= 15 is 0 Å². The maximum Gasteiger partial charge on any atom is 0.306 e. The molecule has 0 aliphatic heterocycles. The third kappa shape index (κ3) is 4.87. The highest BCUT2D eigenvalue weighted by molar-refractivity contribution is 7.10. The van der Waals surface area contributed by atoms with Crippen LogP contribution >= 0.6 is 11.3 Å². The van der Waals surface area contributed by atoms with Gasteiger partial charge in [0.25, 0.3) is 0 Å². The van der Waals surface area contributed by atoms with Crippen molar-refractivity contribution in [3.8, 4) is 0 Å². The van der Waals surface area contributed by atoms with E-state index in [0.717, 1.165) is 4.88 Å². The largest absolute Gasteiger partial charge is 0.466 e. The molecule has 0 aliphatic carbocycles. The molecule has 0 atom stereocenters. The number of carbonyl (C=O) groups is 2. The SMILES string of the molecule is CCOC(=O)CC(CC(=O)OCC)c1cccs1. The summed E-state index contributed by atoms with van der Waals surface area (Å²) in [7, 11) is 0. The predicted molar refractivity (Wildman–Crippen MR) is 69.6 cm³/mol. The molecule has 0 saturated carbocycles. The first-order valence-electron chi connectivity index (χ1n) is 6.02. The molecule has 0 bridgehead atoms. The van der Waals surface area contributed by atoms with E-state index < -0.39 is 0 Å². The Balaban J connectivity index is 2.64. The van der Waals surface area contributed by atoms with Crippen LogP contribution in [0, 0.1) is 0 Å². The summed E-state index contributed by atoms with van der Waals surface area (Å²) in [5, 5.41) is 1.93. The van der Waals surface area contributed by atoms with Gasteiger partial charge in [-0.1, -0.05) is 6.07 Å². The van der Waals surface area contributed by atoms with Gasteiger partial charge in [-0.2, -0.15) is 0 Å². The maximum atomic E-state index is 11.5. The molecule has 100 valence electrons. The number of ether oxygens (including phenoxy) is 2. The van der Waals surface area contributed by atoms with E-state index in [2.05, 4.69) is 0 Å². The summed E-state index contributed by atoms with van der Waals surface area (Å²) < 4.78 is 9.85. The standard InChI is InChI=1S/C13H18O4S/c1-3-16-12(14)8-10(9-13(15)17-4-2)11-6-5-7-18-11/h5-7,10H,3-4,8-9H2,1-2H3. The van der Waals surface area contributed by atoms with Crippen LogP contribution in [0.15, 0.2) is 17.5 Å². The van der Waals surface area contributed by atoms with E-state index in [9.17, 15) is 9.59 Å². The Morgan fingerprint density at radius 1 is 1.17 bits per heavy atom. The van der Waals surface area contributed by atoms with Gasteiger partial charge in [-0.25, -0.2) is 0 Å². The minimum absolute atomic E-state index is 0.150. The van der Waals surface area contributed by atoms with Gasteiger partial charge in [0.2, 0.25) is 0 Å². The van der Waals surface area contributed by atoms with Crippen molar-refractivity contribution in [1.82, 2.24) is 0 Å². The zero-order valence-corrected chi connectivity index (χ0v) is 11.5. The molecule has 0 fully saturated rings. The summed E-state index contributed by atoms with van der Waals surface area (Å²) in [5.41, 5.74) is 0. The average Bonchev–Trinajstić information content (AvgIpc) is 2.82. The molecule has 0 aliphatic rings. The van der Waals surface area contributed by atoms with Gasteiger partial charge in [-0.3, -0.25) is 9.59 Å². The van der Waals surface area contributed by atoms with Crippen LogP contribution in [0.4, 0.5) is 0 Å². The molecule has 0 saturated heterocycles. The molecule has 18 heavy (non-hydrogen) atoms. The normalized spacial score (nSPS) is 10.4. The predicted octanol–water partition coefficient (Wildman–Crippen LogP) is 2.74. The molecule has 4 nitrogen and oxygen atoms in total. The molecule has 0 aromatic carbocycles. The zero-order valence-electron chi connectivity index (χ0n) is 10.7. The molecule has 1 aromatic heterocycles. The lowest BCUT2D eigenvalue weighted by Crippen LogP contribution is -2.15. The summed E-state index contributed by atoms with van der Waals surface area (Å²) >= 11 is 1.54. The van der Waals surface area contributed by atoms with Crippen LogP contribution in [-0.2, 0) is 19.1 Å². The molecule has 1 aromatic rings. The highest BCUT2D eigenvalue weighted by Crippen LogP contribution is 2.28. The Bertz CT molecular complexity index is 352. The first kappa shape index (κ1) is 14.7. The fourth-order valence-corrected chi connectivity index (χ4v) is 2.47. The minimum atomic E-state index is -0.278. The Labute approximate surface area is 111 Å². The summed E-state index contributed by atoms with van der Waals surface area (Å²) in [5.74, 6) is -0.705. The number of hydrogen-bond acceptors (Lipinski definition) is 5. The van der Waals surface area contributed by atoms with Gasteiger partial charge in [0.1, 0.15) is 0 Å². The molecule has 1 rings (SSSR count). The quantitative estimate of drug-likeness (QED) is 0.715. The van der Waals surface area contributed by atoms with Gasteiger partial charge in [-0.15, -0.1) is 11.3 Å². The molecule has 0 unspecified atom stereocenters. The molecule has 0 radical (unpaired) electrons. The van der Waals surface area contributed by atoms with Crippen molar-refractivity contribution in [2.45, 2.75) is 32.6 Å². The highest BCUT2D eigenvalue weighted by Gasteiger charge is 2.21. The molecular formula is C13H18O4S. The molecule has 5 heteroatoms. The summed E-state index contributed by atoms with van der Waals surface area (Å²) in [4.78, 5) is 24.0. The lowest BCUT2D eigenvalue weighted by Gasteiger charge is -2.13. The van der Waals surface area contributed by atoms with E-state index in [4.69, 9.17) is 9.47 Å². The van der Waals surface area contributed by atoms with Gasteiger partial charge in [0.15, 0.2) is 0 Å². The van der Waals surface area contributed by atoms with Gasteiger partial charge in [-0.05, 0) is 25.3 Å². The summed E-state index contributed by atoms with van der Waals surface area (Å²) in [6.07, 6.45) is 0.431. The average molecular weight is 270 g/mol. The lowest BCUT2D eigenvalue weighted by molar-refractivity contribution is -0.145. The van der Waals surface area contributed by atoms with E-state index in [0.29, 0.717) is 13.2 Å². The molecule has 1 heterocycles. The molecule has 0 amide bonds. The zero-order chi connectivity index (χ0) is 13.4. The van der Waals surface area contributed by atoms with Gasteiger partial charge < -0.3 is 9.47 Å². The second-order valence-corrected chi connectivity index (χ2v) is 4.71. The lowest BCUT2D eigenvalue weighted by atomic mass is 10.00. The monoisotopic (exact) mass is 270 g/mol. The van der Waals surface area contributed by atoms with Gasteiger partial charge in [0, 0.05) is 10.8 Å². The van der Waals surface area contributed by atoms with Crippen molar-refractivity contribution >= 4 is 23.3 Å². The van der Waals surface area contributed by atoms with Crippen LogP contribution in [0.25, 0.3) is 0 Å². The first-order chi connectivity index (χ1) is 8.67. The van der Waals surface area contributed by atoms with Crippen molar-refractivity contribution in [2.24, 2.45) is 0 Å². The third-order valence-corrected chi connectivity index (χ3v) is 3.42. The Morgan fingerprint density at radius 3 is 2.11 bits per heavy atom. The number of thiophene rings is 1. The summed E-state index contributed by atoms with van der Waals surface area (Å²) in [6, 6.07) is 3.83. The second-order valence-electron chi connectivity index (χ2n) is 3.73. The van der Waals surface area contributed by atoms with Crippen molar-refractivity contribution in [2.75, 3.05) is 13.2 Å².